The van der Waals surface area contributed by atoms with Crippen molar-refractivity contribution in [3.63, 3.8) is 0 Å². The molecule has 2 atom stereocenters. The molecule has 0 saturated carbocycles. The van der Waals surface area contributed by atoms with E-state index in [2.05, 4.69) is 0 Å². The van der Waals surface area contributed by atoms with Gasteiger partial charge >= 0.3 is 0 Å². The molecule has 0 aromatic heterocycles. The molecule has 5 nitrogen and oxygen atoms in total. The van der Waals surface area contributed by atoms with Gasteiger partial charge in [-0.2, -0.15) is 0 Å². The van der Waals surface area contributed by atoms with Gasteiger partial charge in [0.05, 0.1) is 18.0 Å². The van der Waals surface area contributed by atoms with E-state index in [4.69, 9.17) is 4.74 Å². The Labute approximate surface area is 170 Å². The lowest BCUT2D eigenvalue weighted by Crippen LogP contribution is -2.61. The molecule has 0 radical (unpaired) electrons. The fourth-order valence-electron chi connectivity index (χ4n) is 3.68. The highest BCUT2D eigenvalue weighted by molar-refractivity contribution is 7.93. The molecule has 29 heavy (non-hydrogen) atoms. The summed E-state index contributed by atoms with van der Waals surface area (Å²) in [5.41, 5.74) is 1.72. The molecule has 6 heteroatoms. The molecule has 1 aliphatic heterocycles. The maximum Gasteiger partial charge on any atom is 0.244 e. The number of amides is 1. The van der Waals surface area contributed by atoms with Crippen molar-refractivity contribution < 1.29 is 17.9 Å². The molecule has 3 aromatic carbocycles. The normalized spacial score (nSPS) is 18.9. The fourth-order valence-corrected chi connectivity index (χ4v) is 5.56. The minimum Gasteiger partial charge on any atom is -0.497 e. The molecule has 0 spiro atoms. The van der Waals surface area contributed by atoms with Crippen molar-refractivity contribution in [2.45, 2.75) is 22.7 Å². The molecule has 0 N–H and O–H groups in total. The van der Waals surface area contributed by atoms with Gasteiger partial charge in [0.25, 0.3) is 0 Å². The zero-order valence-electron chi connectivity index (χ0n) is 15.9. The predicted octanol–water partition coefficient (Wildman–Crippen LogP) is 3.62. The summed E-state index contributed by atoms with van der Waals surface area (Å²) in [5.74, 6) is 0.353. The van der Waals surface area contributed by atoms with Gasteiger partial charge in [-0.3, -0.25) is 4.79 Å². The van der Waals surface area contributed by atoms with Crippen molar-refractivity contribution in [1.82, 2.24) is 4.90 Å². The van der Waals surface area contributed by atoms with Crippen molar-refractivity contribution >= 4 is 15.7 Å². The maximum atomic E-state index is 13.2. The van der Waals surface area contributed by atoms with Crippen molar-refractivity contribution in [2.24, 2.45) is 0 Å². The van der Waals surface area contributed by atoms with E-state index in [0.717, 1.165) is 16.9 Å². The Hall–Kier alpha value is -3.12. The zero-order valence-corrected chi connectivity index (χ0v) is 16.7. The van der Waals surface area contributed by atoms with Crippen LogP contribution in [0, 0.1) is 0 Å². The summed E-state index contributed by atoms with van der Waals surface area (Å²) in [6.45, 7) is 0.337. The molecule has 1 aliphatic rings. The molecule has 4 rings (SSSR count). The summed E-state index contributed by atoms with van der Waals surface area (Å²) in [6, 6.07) is 24.4. The Morgan fingerprint density at radius 2 is 1.45 bits per heavy atom. The lowest BCUT2D eigenvalue weighted by Gasteiger charge is -2.46. The third-order valence-corrected chi connectivity index (χ3v) is 7.27. The van der Waals surface area contributed by atoms with E-state index in [1.807, 2.05) is 54.6 Å². The summed E-state index contributed by atoms with van der Waals surface area (Å²) in [5, 5.41) is -1.12. The van der Waals surface area contributed by atoms with Gasteiger partial charge in [0.1, 0.15) is 5.75 Å². The average molecular weight is 407 g/mol. The Kier molecular flexibility index (Phi) is 5.11. The van der Waals surface area contributed by atoms with Gasteiger partial charge in [-0.15, -0.1) is 0 Å². The fraction of sp³-hybridized carbons (Fsp3) is 0.174. The van der Waals surface area contributed by atoms with E-state index >= 15 is 0 Å². The molecule has 1 fully saturated rings. The largest absolute Gasteiger partial charge is 0.497 e. The highest BCUT2D eigenvalue weighted by Gasteiger charge is 2.55. The van der Waals surface area contributed by atoms with E-state index in [1.54, 1.807) is 30.2 Å². The number of nitrogens with zero attached hydrogens (tertiary/aromatic N) is 1. The van der Waals surface area contributed by atoms with Crippen molar-refractivity contribution in [3.05, 3.63) is 96.1 Å². The molecule has 0 unspecified atom stereocenters. The Balaban J connectivity index is 1.69. The van der Waals surface area contributed by atoms with Crippen LogP contribution < -0.4 is 4.74 Å². The number of benzene rings is 3. The van der Waals surface area contributed by atoms with Gasteiger partial charge in [0.2, 0.25) is 5.91 Å². The molecule has 0 aliphatic carbocycles. The van der Waals surface area contributed by atoms with Crippen LogP contribution in [-0.4, -0.2) is 31.6 Å². The molecule has 1 amide bonds. The van der Waals surface area contributed by atoms with Gasteiger partial charge < -0.3 is 9.64 Å². The number of carbonyl (C=O) groups excluding carboxylic acids is 1. The summed E-state index contributed by atoms with van der Waals surface area (Å²) in [7, 11) is -2.20. The molecular weight excluding hydrogens is 386 g/mol. The van der Waals surface area contributed by atoms with Gasteiger partial charge in [-0.25, -0.2) is 8.42 Å². The summed E-state index contributed by atoms with van der Waals surface area (Å²) in [6.07, 6.45) is 0. The molecule has 1 heterocycles. The van der Waals surface area contributed by atoms with Gasteiger partial charge in [-0.05, 0) is 35.4 Å². The van der Waals surface area contributed by atoms with Crippen LogP contribution >= 0.6 is 0 Å². The second kappa shape index (κ2) is 7.72. The highest BCUT2D eigenvalue weighted by Crippen LogP contribution is 2.42. The first-order chi connectivity index (χ1) is 14.0. The molecule has 1 saturated heterocycles. The molecule has 148 valence electrons. The van der Waals surface area contributed by atoms with Gasteiger partial charge in [0, 0.05) is 6.54 Å². The number of β-lactam (4-membered cyclic amide) rings is 1. The van der Waals surface area contributed by atoms with Crippen LogP contribution in [0.25, 0.3) is 0 Å². The maximum absolute atomic E-state index is 13.2. The van der Waals surface area contributed by atoms with Crippen molar-refractivity contribution in [2.75, 3.05) is 7.11 Å². The first-order valence-corrected chi connectivity index (χ1v) is 10.8. The van der Waals surface area contributed by atoms with Crippen LogP contribution in [0.5, 0.6) is 5.75 Å². The number of hydrogen-bond donors (Lipinski definition) is 0. The Morgan fingerprint density at radius 3 is 2.03 bits per heavy atom. The number of hydrogen-bond acceptors (Lipinski definition) is 4. The number of methoxy groups -OCH3 is 1. The van der Waals surface area contributed by atoms with Crippen LogP contribution in [0.2, 0.25) is 0 Å². The van der Waals surface area contributed by atoms with Crippen LogP contribution in [-0.2, 0) is 21.2 Å². The van der Waals surface area contributed by atoms with Crippen LogP contribution in [0.15, 0.2) is 89.8 Å². The third-order valence-electron chi connectivity index (χ3n) is 5.21. The van der Waals surface area contributed by atoms with E-state index in [1.165, 1.54) is 12.1 Å². The van der Waals surface area contributed by atoms with Crippen molar-refractivity contribution in [3.8, 4) is 5.75 Å². The van der Waals surface area contributed by atoms with E-state index in [-0.39, 0.29) is 10.8 Å². The van der Waals surface area contributed by atoms with E-state index in [0.29, 0.717) is 6.54 Å². The summed E-state index contributed by atoms with van der Waals surface area (Å²) >= 11 is 0. The van der Waals surface area contributed by atoms with Crippen LogP contribution in [0.1, 0.15) is 17.2 Å². The van der Waals surface area contributed by atoms with Crippen molar-refractivity contribution in [1.29, 1.82) is 0 Å². The minimum absolute atomic E-state index is 0.170. The van der Waals surface area contributed by atoms with E-state index < -0.39 is 21.1 Å². The number of ether oxygens (including phenoxy) is 1. The smallest absolute Gasteiger partial charge is 0.244 e. The summed E-state index contributed by atoms with van der Waals surface area (Å²) in [4.78, 5) is 14.8. The Bertz CT molecular complexity index is 1100. The summed E-state index contributed by atoms with van der Waals surface area (Å²) < 4.78 is 31.6. The zero-order chi connectivity index (χ0) is 20.4. The van der Waals surface area contributed by atoms with Gasteiger partial charge in [0.15, 0.2) is 15.1 Å². The third kappa shape index (κ3) is 3.51. The van der Waals surface area contributed by atoms with Crippen LogP contribution in [0.4, 0.5) is 0 Å². The Morgan fingerprint density at radius 1 is 0.862 bits per heavy atom. The van der Waals surface area contributed by atoms with Crippen LogP contribution in [0.3, 0.4) is 0 Å². The van der Waals surface area contributed by atoms with Gasteiger partial charge in [-0.1, -0.05) is 60.7 Å². The predicted molar refractivity (Wildman–Crippen MR) is 110 cm³/mol. The number of sulfone groups is 1. The second-order valence-electron chi connectivity index (χ2n) is 6.95. The average Bonchev–Trinajstić information content (AvgIpc) is 2.77. The first-order valence-electron chi connectivity index (χ1n) is 9.29. The number of likely N-dealkylation sites (tertiary alicyclic amines) is 1. The lowest BCUT2D eigenvalue weighted by atomic mass is 9.92. The second-order valence-corrected chi connectivity index (χ2v) is 9.02. The standard InChI is InChI=1S/C23H21NO4S/c1-28-19-14-12-17(13-15-19)16-24-21(18-8-4-2-5-9-18)22(23(24)25)29(26,27)20-10-6-3-7-11-20/h2-15,21-22H,16H2,1H3/t21-,22-/m0/s1. The topological polar surface area (TPSA) is 63.7 Å². The SMILES string of the molecule is COc1ccc(CN2C(=O)[C@@H](S(=O)(=O)c3ccccc3)[C@@H]2c2ccccc2)cc1. The minimum atomic E-state index is -3.80. The molecule has 0 bridgehead atoms. The monoisotopic (exact) mass is 407 g/mol. The molecular formula is C23H21NO4S. The first kappa shape index (κ1) is 19.2. The number of carbonyl (C=O) groups is 1. The van der Waals surface area contributed by atoms with E-state index in [9.17, 15) is 13.2 Å². The number of rotatable bonds is 6. The highest BCUT2D eigenvalue weighted by atomic mass is 32.2. The molecule has 3 aromatic rings. The quantitative estimate of drug-likeness (QED) is 0.586. The lowest BCUT2D eigenvalue weighted by molar-refractivity contribution is -0.146.